The van der Waals surface area contributed by atoms with E-state index in [9.17, 15) is 0 Å². The highest BCUT2D eigenvalue weighted by molar-refractivity contribution is 6.84. The molecular formula is C14H32O4Si2. The van der Waals surface area contributed by atoms with E-state index in [1.807, 2.05) is 0 Å². The minimum absolute atomic E-state index is 0.101. The summed E-state index contributed by atoms with van der Waals surface area (Å²) in [6.07, 6.45) is 3.55. The van der Waals surface area contributed by atoms with E-state index in [0.29, 0.717) is 6.61 Å². The van der Waals surface area contributed by atoms with Gasteiger partial charge in [0, 0.05) is 6.61 Å². The van der Waals surface area contributed by atoms with Gasteiger partial charge in [-0.15, -0.1) is 0 Å². The van der Waals surface area contributed by atoms with Crippen LogP contribution in [0, 0.1) is 0 Å². The second kappa shape index (κ2) is 10.6. The Morgan fingerprint density at radius 3 is 2.00 bits per heavy atom. The van der Waals surface area contributed by atoms with Crippen molar-refractivity contribution >= 4 is 16.6 Å². The Labute approximate surface area is 126 Å². The van der Waals surface area contributed by atoms with Crippen LogP contribution in [0.4, 0.5) is 0 Å². The first-order chi connectivity index (χ1) is 9.33. The SMILES string of the molecule is C=COCCC[Si](C)(C)O[Si](C)(C)CCCOCCO. The summed E-state index contributed by atoms with van der Waals surface area (Å²) < 4.78 is 17.0. The van der Waals surface area contributed by atoms with E-state index in [1.165, 1.54) is 6.26 Å². The summed E-state index contributed by atoms with van der Waals surface area (Å²) in [5, 5.41) is 8.65. The van der Waals surface area contributed by atoms with E-state index in [1.54, 1.807) is 0 Å². The second-order valence-electron chi connectivity index (χ2n) is 6.20. The van der Waals surface area contributed by atoms with Crippen LogP contribution in [0.2, 0.25) is 38.3 Å². The first-order valence-electron chi connectivity index (χ1n) is 7.44. The van der Waals surface area contributed by atoms with E-state index in [0.717, 1.165) is 38.1 Å². The predicted molar refractivity (Wildman–Crippen MR) is 89.0 cm³/mol. The Balaban J connectivity index is 3.92. The molecule has 0 fully saturated rings. The van der Waals surface area contributed by atoms with Crippen LogP contribution in [0.25, 0.3) is 0 Å². The lowest BCUT2D eigenvalue weighted by atomic mass is 10.5. The average molecular weight is 321 g/mol. The highest BCUT2D eigenvalue weighted by atomic mass is 28.4. The number of hydrogen-bond donors (Lipinski definition) is 1. The van der Waals surface area contributed by atoms with Crippen molar-refractivity contribution in [2.24, 2.45) is 0 Å². The zero-order chi connectivity index (χ0) is 15.5. The van der Waals surface area contributed by atoms with Gasteiger partial charge in [0.15, 0.2) is 16.6 Å². The first kappa shape index (κ1) is 19.9. The molecule has 0 spiro atoms. The van der Waals surface area contributed by atoms with E-state index in [4.69, 9.17) is 18.7 Å². The molecule has 0 aliphatic carbocycles. The summed E-state index contributed by atoms with van der Waals surface area (Å²) in [7, 11) is -3.21. The molecule has 4 nitrogen and oxygen atoms in total. The monoisotopic (exact) mass is 320 g/mol. The third-order valence-electron chi connectivity index (χ3n) is 3.01. The third-order valence-corrected chi connectivity index (χ3v) is 10.6. The lowest BCUT2D eigenvalue weighted by Crippen LogP contribution is -2.44. The van der Waals surface area contributed by atoms with Gasteiger partial charge in [0.05, 0.1) is 26.1 Å². The van der Waals surface area contributed by atoms with Gasteiger partial charge in [-0.05, 0) is 51.1 Å². The smallest absolute Gasteiger partial charge is 0.173 e. The molecule has 6 heteroatoms. The van der Waals surface area contributed by atoms with Crippen molar-refractivity contribution in [2.75, 3.05) is 26.4 Å². The molecule has 0 unspecified atom stereocenters. The molecule has 0 aliphatic rings. The van der Waals surface area contributed by atoms with Gasteiger partial charge in [-0.25, -0.2) is 0 Å². The fourth-order valence-electron chi connectivity index (χ4n) is 2.28. The zero-order valence-corrected chi connectivity index (χ0v) is 15.6. The Hall–Kier alpha value is -0.146. The predicted octanol–water partition coefficient (Wildman–Crippen LogP) is 3.36. The molecule has 0 bridgehead atoms. The molecule has 20 heavy (non-hydrogen) atoms. The van der Waals surface area contributed by atoms with Crippen molar-refractivity contribution < 1.29 is 18.7 Å². The summed E-state index contributed by atoms with van der Waals surface area (Å²) in [5.41, 5.74) is 0. The van der Waals surface area contributed by atoms with E-state index in [-0.39, 0.29) is 6.61 Å². The van der Waals surface area contributed by atoms with Crippen LogP contribution >= 0.6 is 0 Å². The van der Waals surface area contributed by atoms with Gasteiger partial charge in [0.25, 0.3) is 0 Å². The molecule has 0 amide bonds. The Kier molecular flexibility index (Phi) is 10.5. The van der Waals surface area contributed by atoms with Crippen molar-refractivity contribution in [2.45, 2.75) is 51.1 Å². The van der Waals surface area contributed by atoms with Gasteiger partial charge in [0.2, 0.25) is 0 Å². The van der Waals surface area contributed by atoms with Crippen molar-refractivity contribution in [3.05, 3.63) is 12.8 Å². The standard InChI is InChI=1S/C14H32O4Si2/c1-6-16-10-7-13-19(2,3)18-20(4,5)14-8-11-17-12-9-15/h6,15H,1,7-14H2,2-5H3. The highest BCUT2D eigenvalue weighted by Gasteiger charge is 2.32. The molecular weight excluding hydrogens is 288 g/mol. The zero-order valence-electron chi connectivity index (χ0n) is 13.6. The summed E-state index contributed by atoms with van der Waals surface area (Å²) in [4.78, 5) is 0. The van der Waals surface area contributed by atoms with Gasteiger partial charge in [-0.3, -0.25) is 0 Å². The summed E-state index contributed by atoms with van der Waals surface area (Å²) in [5.74, 6) is 0. The highest BCUT2D eigenvalue weighted by Crippen LogP contribution is 2.23. The molecule has 0 atom stereocenters. The number of hydrogen-bond acceptors (Lipinski definition) is 4. The number of aliphatic hydroxyl groups is 1. The normalized spacial score (nSPS) is 12.4. The van der Waals surface area contributed by atoms with Crippen molar-refractivity contribution in [3.8, 4) is 0 Å². The molecule has 0 saturated heterocycles. The minimum atomic E-state index is -1.61. The molecule has 0 rings (SSSR count). The molecule has 120 valence electrons. The van der Waals surface area contributed by atoms with Gasteiger partial charge in [-0.2, -0.15) is 0 Å². The van der Waals surface area contributed by atoms with Crippen LogP contribution in [0.3, 0.4) is 0 Å². The largest absolute Gasteiger partial charge is 0.502 e. The lowest BCUT2D eigenvalue weighted by Gasteiger charge is -2.34. The molecule has 0 heterocycles. The maximum absolute atomic E-state index is 8.65. The average Bonchev–Trinajstić information content (AvgIpc) is 2.33. The van der Waals surface area contributed by atoms with Gasteiger partial charge >= 0.3 is 0 Å². The maximum Gasteiger partial charge on any atom is 0.173 e. The van der Waals surface area contributed by atoms with Crippen molar-refractivity contribution in [3.63, 3.8) is 0 Å². The van der Waals surface area contributed by atoms with Crippen LogP contribution in [0.15, 0.2) is 12.8 Å². The van der Waals surface area contributed by atoms with Gasteiger partial charge in [0.1, 0.15) is 0 Å². The van der Waals surface area contributed by atoms with E-state index in [2.05, 4.69) is 32.8 Å². The van der Waals surface area contributed by atoms with Crippen molar-refractivity contribution in [1.29, 1.82) is 0 Å². The fourth-order valence-corrected chi connectivity index (χ4v) is 11.1. The lowest BCUT2D eigenvalue weighted by molar-refractivity contribution is 0.0924. The molecule has 0 aromatic carbocycles. The Morgan fingerprint density at radius 2 is 1.50 bits per heavy atom. The van der Waals surface area contributed by atoms with Crippen LogP contribution in [-0.2, 0) is 13.6 Å². The first-order valence-corrected chi connectivity index (χ1v) is 13.7. The van der Waals surface area contributed by atoms with E-state index >= 15 is 0 Å². The fraction of sp³-hybridized carbons (Fsp3) is 0.857. The summed E-state index contributed by atoms with van der Waals surface area (Å²) in [6, 6.07) is 2.23. The number of rotatable bonds is 13. The summed E-state index contributed by atoms with van der Waals surface area (Å²) >= 11 is 0. The second-order valence-corrected chi connectivity index (χ2v) is 15.1. The Bertz CT molecular complexity index is 258. The van der Waals surface area contributed by atoms with Crippen LogP contribution in [0.1, 0.15) is 12.8 Å². The van der Waals surface area contributed by atoms with Gasteiger partial charge < -0.3 is 18.7 Å². The van der Waals surface area contributed by atoms with E-state index < -0.39 is 16.6 Å². The molecule has 1 N–H and O–H groups in total. The Morgan fingerprint density at radius 1 is 0.950 bits per heavy atom. The number of aliphatic hydroxyl groups excluding tert-OH is 1. The van der Waals surface area contributed by atoms with Crippen LogP contribution < -0.4 is 0 Å². The van der Waals surface area contributed by atoms with Gasteiger partial charge in [-0.1, -0.05) is 6.58 Å². The molecule has 0 aliphatic heterocycles. The molecule has 0 aromatic heterocycles. The minimum Gasteiger partial charge on any atom is -0.502 e. The quantitative estimate of drug-likeness (QED) is 0.321. The third kappa shape index (κ3) is 11.7. The number of ether oxygens (including phenoxy) is 2. The maximum atomic E-state index is 8.65. The van der Waals surface area contributed by atoms with Crippen molar-refractivity contribution in [1.82, 2.24) is 0 Å². The summed E-state index contributed by atoms with van der Waals surface area (Å²) in [6.45, 7) is 14.7. The topological polar surface area (TPSA) is 47.9 Å². The molecule has 0 radical (unpaired) electrons. The van der Waals surface area contributed by atoms with Crippen LogP contribution in [0.5, 0.6) is 0 Å². The molecule has 0 saturated carbocycles. The van der Waals surface area contributed by atoms with Crippen LogP contribution in [-0.4, -0.2) is 48.2 Å². The molecule has 0 aromatic rings.